The van der Waals surface area contributed by atoms with Crippen LogP contribution in [0, 0.1) is 23.2 Å². The van der Waals surface area contributed by atoms with Crippen LogP contribution in [-0.4, -0.2) is 19.5 Å². The minimum Gasteiger partial charge on any atom is -0.497 e. The van der Waals surface area contributed by atoms with E-state index in [0.29, 0.717) is 12.4 Å². The van der Waals surface area contributed by atoms with Crippen LogP contribution in [0.15, 0.2) is 24.3 Å². The van der Waals surface area contributed by atoms with E-state index in [1.54, 1.807) is 7.11 Å². The van der Waals surface area contributed by atoms with Crippen LogP contribution in [0.4, 0.5) is 0 Å². The van der Waals surface area contributed by atoms with Gasteiger partial charge in [-0.2, -0.15) is 0 Å². The van der Waals surface area contributed by atoms with E-state index in [4.69, 9.17) is 9.47 Å². The van der Waals surface area contributed by atoms with Gasteiger partial charge in [0.15, 0.2) is 5.78 Å². The van der Waals surface area contributed by atoms with Crippen LogP contribution in [-0.2, 0) is 16.1 Å². The zero-order valence-electron chi connectivity index (χ0n) is 13.9. The molecule has 0 radical (unpaired) electrons. The summed E-state index contributed by atoms with van der Waals surface area (Å²) in [6, 6.07) is 7.85. The average Bonchev–Trinajstić information content (AvgIpc) is 2.54. The summed E-state index contributed by atoms with van der Waals surface area (Å²) in [5, 5.41) is 0. The number of hydrogen-bond donors (Lipinski definition) is 0. The molecule has 4 fully saturated rings. The summed E-state index contributed by atoms with van der Waals surface area (Å²) in [5.41, 5.74) is 1.05. The second-order valence-corrected chi connectivity index (χ2v) is 7.96. The molecule has 0 atom stereocenters. The standard InChI is InChI=1S/C20H26O3/c1-22-18-4-2-14(3-5-18)12-23-13-19(21)20-9-15-6-16(10-20)8-17(7-15)11-20/h2-5,15-17H,6-13H2,1H3. The van der Waals surface area contributed by atoms with E-state index in [1.807, 2.05) is 24.3 Å². The van der Waals surface area contributed by atoms with Gasteiger partial charge >= 0.3 is 0 Å². The number of hydrogen-bond acceptors (Lipinski definition) is 3. The molecule has 4 saturated carbocycles. The molecule has 0 spiro atoms. The minimum atomic E-state index is -0.0331. The lowest BCUT2D eigenvalue weighted by Gasteiger charge is -2.55. The van der Waals surface area contributed by atoms with Gasteiger partial charge in [0.25, 0.3) is 0 Å². The fraction of sp³-hybridized carbons (Fsp3) is 0.650. The SMILES string of the molecule is COc1ccc(COCC(=O)C23CC4CC(CC(C4)C2)C3)cc1. The van der Waals surface area contributed by atoms with E-state index in [0.717, 1.165) is 48.3 Å². The van der Waals surface area contributed by atoms with Gasteiger partial charge in [0.05, 0.1) is 13.7 Å². The lowest BCUT2D eigenvalue weighted by atomic mass is 9.48. The Balaban J connectivity index is 1.33. The summed E-state index contributed by atoms with van der Waals surface area (Å²) >= 11 is 0. The summed E-state index contributed by atoms with van der Waals surface area (Å²) in [6.45, 7) is 0.778. The molecule has 0 saturated heterocycles. The summed E-state index contributed by atoms with van der Waals surface area (Å²) in [7, 11) is 1.66. The molecule has 0 heterocycles. The predicted octanol–water partition coefficient (Wildman–Crippen LogP) is 4.00. The molecule has 0 unspecified atom stereocenters. The molecule has 0 N–H and O–H groups in total. The van der Waals surface area contributed by atoms with Crippen molar-refractivity contribution >= 4 is 5.78 Å². The first kappa shape index (κ1) is 15.2. The van der Waals surface area contributed by atoms with Crippen molar-refractivity contribution in [3.63, 3.8) is 0 Å². The number of carbonyl (C=O) groups excluding carboxylic acids is 1. The number of carbonyl (C=O) groups is 1. The van der Waals surface area contributed by atoms with Crippen molar-refractivity contribution in [1.82, 2.24) is 0 Å². The molecule has 0 aliphatic heterocycles. The summed E-state index contributed by atoms with van der Waals surface area (Å²) in [5.74, 6) is 3.65. The van der Waals surface area contributed by atoms with Gasteiger partial charge in [-0.05, 0) is 74.0 Å². The third-order valence-electron chi connectivity index (χ3n) is 6.29. The summed E-state index contributed by atoms with van der Waals surface area (Å²) < 4.78 is 10.9. The van der Waals surface area contributed by atoms with Crippen molar-refractivity contribution in [3.05, 3.63) is 29.8 Å². The zero-order valence-corrected chi connectivity index (χ0v) is 13.9. The molecule has 124 valence electrons. The number of methoxy groups -OCH3 is 1. The molecule has 1 aromatic rings. The van der Waals surface area contributed by atoms with Crippen molar-refractivity contribution < 1.29 is 14.3 Å². The maximum atomic E-state index is 12.8. The van der Waals surface area contributed by atoms with E-state index in [1.165, 1.54) is 19.3 Å². The Kier molecular flexibility index (Phi) is 3.92. The van der Waals surface area contributed by atoms with Crippen molar-refractivity contribution in [2.24, 2.45) is 23.2 Å². The van der Waals surface area contributed by atoms with Gasteiger partial charge in [-0.15, -0.1) is 0 Å². The monoisotopic (exact) mass is 314 g/mol. The number of benzene rings is 1. The fourth-order valence-corrected chi connectivity index (χ4v) is 5.59. The topological polar surface area (TPSA) is 35.5 Å². The first-order chi connectivity index (χ1) is 11.2. The van der Waals surface area contributed by atoms with Gasteiger partial charge in [-0.3, -0.25) is 4.79 Å². The minimum absolute atomic E-state index is 0.0331. The Morgan fingerprint density at radius 2 is 1.61 bits per heavy atom. The molecule has 3 nitrogen and oxygen atoms in total. The van der Waals surface area contributed by atoms with Crippen molar-refractivity contribution in [3.8, 4) is 5.75 Å². The van der Waals surface area contributed by atoms with Gasteiger partial charge < -0.3 is 9.47 Å². The highest BCUT2D eigenvalue weighted by atomic mass is 16.5. The number of ketones is 1. The highest BCUT2D eigenvalue weighted by Gasteiger charge is 2.54. The Bertz CT molecular complexity index is 540. The van der Waals surface area contributed by atoms with E-state index in [2.05, 4.69) is 0 Å². The number of rotatable bonds is 6. The average molecular weight is 314 g/mol. The molecular formula is C20H26O3. The highest BCUT2D eigenvalue weighted by Crippen LogP contribution is 2.60. The quantitative estimate of drug-likeness (QED) is 0.796. The Hall–Kier alpha value is -1.35. The molecule has 1 aromatic carbocycles. The molecule has 4 aliphatic carbocycles. The van der Waals surface area contributed by atoms with Crippen LogP contribution in [0.2, 0.25) is 0 Å². The predicted molar refractivity (Wildman–Crippen MR) is 88.3 cm³/mol. The fourth-order valence-electron chi connectivity index (χ4n) is 5.59. The molecule has 4 bridgehead atoms. The van der Waals surface area contributed by atoms with Gasteiger partial charge in [0.2, 0.25) is 0 Å². The van der Waals surface area contributed by atoms with Crippen LogP contribution in [0.3, 0.4) is 0 Å². The maximum Gasteiger partial charge on any atom is 0.164 e. The molecular weight excluding hydrogens is 288 g/mol. The van der Waals surface area contributed by atoms with Crippen molar-refractivity contribution in [1.29, 1.82) is 0 Å². The smallest absolute Gasteiger partial charge is 0.164 e. The third kappa shape index (κ3) is 2.91. The molecule has 0 aromatic heterocycles. The Morgan fingerprint density at radius 3 is 2.13 bits per heavy atom. The van der Waals surface area contributed by atoms with Gasteiger partial charge in [-0.25, -0.2) is 0 Å². The third-order valence-corrected chi connectivity index (χ3v) is 6.29. The van der Waals surface area contributed by atoms with Crippen LogP contribution in [0.25, 0.3) is 0 Å². The van der Waals surface area contributed by atoms with Crippen LogP contribution in [0.1, 0.15) is 44.1 Å². The van der Waals surface area contributed by atoms with E-state index < -0.39 is 0 Å². The van der Waals surface area contributed by atoms with Crippen LogP contribution < -0.4 is 4.74 Å². The second-order valence-electron chi connectivity index (χ2n) is 7.96. The highest BCUT2D eigenvalue weighted by molar-refractivity contribution is 5.86. The van der Waals surface area contributed by atoms with Crippen molar-refractivity contribution in [2.75, 3.05) is 13.7 Å². The Morgan fingerprint density at radius 1 is 1.04 bits per heavy atom. The number of ether oxygens (including phenoxy) is 2. The lowest BCUT2D eigenvalue weighted by Crippen LogP contribution is -2.51. The van der Waals surface area contributed by atoms with Crippen LogP contribution in [0.5, 0.6) is 5.75 Å². The Labute approximate surface area is 138 Å². The normalized spacial score (nSPS) is 34.6. The van der Waals surface area contributed by atoms with E-state index in [-0.39, 0.29) is 12.0 Å². The first-order valence-corrected chi connectivity index (χ1v) is 8.91. The van der Waals surface area contributed by atoms with E-state index in [9.17, 15) is 4.79 Å². The molecule has 5 rings (SSSR count). The summed E-state index contributed by atoms with van der Waals surface area (Å²) in [4.78, 5) is 12.8. The van der Waals surface area contributed by atoms with Gasteiger partial charge in [-0.1, -0.05) is 12.1 Å². The first-order valence-electron chi connectivity index (χ1n) is 8.91. The lowest BCUT2D eigenvalue weighted by molar-refractivity contribution is -0.149. The maximum absolute atomic E-state index is 12.8. The van der Waals surface area contributed by atoms with Crippen LogP contribution >= 0.6 is 0 Å². The molecule has 4 aliphatic rings. The largest absolute Gasteiger partial charge is 0.497 e. The van der Waals surface area contributed by atoms with Gasteiger partial charge in [0, 0.05) is 5.41 Å². The summed E-state index contributed by atoms with van der Waals surface area (Å²) in [6.07, 6.45) is 7.51. The molecule has 23 heavy (non-hydrogen) atoms. The number of Topliss-reactive ketones (excluding diaryl/α,β-unsaturated/α-hetero) is 1. The van der Waals surface area contributed by atoms with Crippen molar-refractivity contribution in [2.45, 2.75) is 45.1 Å². The zero-order chi connectivity index (χ0) is 15.9. The van der Waals surface area contributed by atoms with E-state index >= 15 is 0 Å². The van der Waals surface area contributed by atoms with Gasteiger partial charge in [0.1, 0.15) is 12.4 Å². The second kappa shape index (κ2) is 5.94. The molecule has 3 heteroatoms. The molecule has 0 amide bonds.